The smallest absolute Gasteiger partial charge is 0.0619 e. The lowest BCUT2D eigenvalue weighted by Gasteiger charge is -2.26. The van der Waals surface area contributed by atoms with Crippen molar-refractivity contribution >= 4 is 44.3 Å². The number of rotatable bonds is 8. The summed E-state index contributed by atoms with van der Waals surface area (Å²) in [5, 5.41) is 3.74. The van der Waals surface area contributed by atoms with Crippen molar-refractivity contribution in [2.24, 2.45) is 0 Å². The number of pyridine rings is 1. The summed E-state index contributed by atoms with van der Waals surface area (Å²) in [7, 11) is 0. The topological polar surface area (TPSA) is 7.65 Å². The minimum absolute atomic E-state index is 1.10. The van der Waals surface area contributed by atoms with E-state index in [1.54, 1.807) is 0 Å². The van der Waals surface area contributed by atoms with E-state index in [9.17, 15) is 0 Å². The van der Waals surface area contributed by atoms with Crippen LogP contribution in [-0.4, -0.2) is 4.40 Å². The second-order valence-electron chi connectivity index (χ2n) is 15.4. The van der Waals surface area contributed by atoms with Gasteiger partial charge in [-0.05, 0) is 110 Å². The second kappa shape index (κ2) is 15.1. The minimum atomic E-state index is 1.10. The number of anilines is 3. The Morgan fingerprint density at radius 3 is 1.50 bits per heavy atom. The van der Waals surface area contributed by atoms with Gasteiger partial charge in [0.15, 0.2) is 0 Å². The van der Waals surface area contributed by atoms with Crippen molar-refractivity contribution in [1.29, 1.82) is 0 Å². The zero-order valence-electron chi connectivity index (χ0n) is 33.0. The molecule has 0 radical (unpaired) electrons. The molecule has 0 aliphatic heterocycles. The molecule has 282 valence electrons. The Morgan fingerprint density at radius 2 is 0.800 bits per heavy atom. The number of hydrogen-bond acceptors (Lipinski definition) is 1. The molecule has 2 heterocycles. The fourth-order valence-electron chi connectivity index (χ4n) is 8.92. The molecule has 60 heavy (non-hydrogen) atoms. The first-order chi connectivity index (χ1) is 29.8. The summed E-state index contributed by atoms with van der Waals surface area (Å²) >= 11 is 0. The van der Waals surface area contributed by atoms with Crippen LogP contribution in [0.5, 0.6) is 0 Å². The van der Waals surface area contributed by atoms with E-state index in [1.165, 1.54) is 82.8 Å². The van der Waals surface area contributed by atoms with Crippen LogP contribution in [0.25, 0.3) is 82.8 Å². The standard InChI is InChI=1S/C58H40N2/c1-4-15-43(16-5-1)52-23-10-11-24-53(52)44-33-35-50(36-34-44)60(49-20-8-3-9-21-49)51-22-14-19-47(39-51)41-27-29-42(30-28-41)48-32-31-45-37-38-59-56-26-13-12-25-54(56)57(58(59)55(45)40-48)46-17-6-2-7-18-46/h1-40H. The van der Waals surface area contributed by atoms with Gasteiger partial charge in [-0.3, -0.25) is 0 Å². The van der Waals surface area contributed by atoms with Crippen LogP contribution in [0, 0.1) is 0 Å². The van der Waals surface area contributed by atoms with E-state index >= 15 is 0 Å². The third-order valence-electron chi connectivity index (χ3n) is 11.8. The van der Waals surface area contributed by atoms with Crippen molar-refractivity contribution in [3.63, 3.8) is 0 Å². The molecule has 2 aromatic heterocycles. The van der Waals surface area contributed by atoms with Crippen molar-refractivity contribution in [2.75, 3.05) is 4.90 Å². The number of hydrogen-bond donors (Lipinski definition) is 0. The molecule has 0 aliphatic carbocycles. The normalized spacial score (nSPS) is 11.3. The number of fused-ring (bicyclic) bond motifs is 5. The average Bonchev–Trinajstić information content (AvgIpc) is 3.68. The fourth-order valence-corrected chi connectivity index (χ4v) is 8.92. The van der Waals surface area contributed by atoms with Gasteiger partial charge < -0.3 is 9.30 Å². The van der Waals surface area contributed by atoms with Gasteiger partial charge in [0.25, 0.3) is 0 Å². The predicted molar refractivity (Wildman–Crippen MR) is 254 cm³/mol. The highest BCUT2D eigenvalue weighted by Gasteiger charge is 2.18. The molecule has 0 N–H and O–H groups in total. The Hall–Kier alpha value is -7.94. The van der Waals surface area contributed by atoms with E-state index in [4.69, 9.17) is 0 Å². The molecule has 0 bridgehead atoms. The second-order valence-corrected chi connectivity index (χ2v) is 15.4. The van der Waals surface area contributed by atoms with Crippen LogP contribution in [-0.2, 0) is 0 Å². The van der Waals surface area contributed by atoms with Crippen LogP contribution in [0.15, 0.2) is 243 Å². The highest BCUT2D eigenvalue weighted by Crippen LogP contribution is 2.42. The maximum Gasteiger partial charge on any atom is 0.0619 e. The van der Waals surface area contributed by atoms with E-state index in [2.05, 4.69) is 252 Å². The Bertz CT molecular complexity index is 3270. The summed E-state index contributed by atoms with van der Waals surface area (Å²) < 4.78 is 2.36. The maximum atomic E-state index is 2.37. The maximum absolute atomic E-state index is 2.37. The van der Waals surface area contributed by atoms with Crippen molar-refractivity contribution in [3.05, 3.63) is 243 Å². The van der Waals surface area contributed by atoms with Gasteiger partial charge in [-0.15, -0.1) is 0 Å². The molecule has 0 saturated heterocycles. The lowest BCUT2D eigenvalue weighted by atomic mass is 9.94. The van der Waals surface area contributed by atoms with Crippen molar-refractivity contribution in [1.82, 2.24) is 4.40 Å². The molecule has 11 aromatic rings. The lowest BCUT2D eigenvalue weighted by molar-refractivity contribution is 1.27. The molecule has 0 aliphatic rings. The molecular formula is C58H40N2. The van der Waals surface area contributed by atoms with Gasteiger partial charge in [-0.1, -0.05) is 182 Å². The van der Waals surface area contributed by atoms with Gasteiger partial charge in [0.2, 0.25) is 0 Å². The Balaban J connectivity index is 0.942. The molecule has 0 fully saturated rings. The van der Waals surface area contributed by atoms with Crippen LogP contribution in [0.2, 0.25) is 0 Å². The molecule has 9 aromatic carbocycles. The van der Waals surface area contributed by atoms with Crippen LogP contribution in [0.4, 0.5) is 17.1 Å². The Kier molecular flexibility index (Phi) is 8.87. The number of nitrogens with zero attached hydrogens (tertiary/aromatic N) is 2. The molecule has 2 nitrogen and oxygen atoms in total. The average molecular weight is 765 g/mol. The molecule has 0 saturated carbocycles. The highest BCUT2D eigenvalue weighted by molar-refractivity contribution is 6.15. The first-order valence-electron chi connectivity index (χ1n) is 20.6. The summed E-state index contributed by atoms with van der Waals surface area (Å²) in [5.41, 5.74) is 17.9. The molecular weight excluding hydrogens is 725 g/mol. The fraction of sp³-hybridized carbons (Fsp3) is 0. The first kappa shape index (κ1) is 35.2. The summed E-state index contributed by atoms with van der Waals surface area (Å²) in [4.78, 5) is 2.34. The highest BCUT2D eigenvalue weighted by atomic mass is 15.1. The van der Waals surface area contributed by atoms with E-state index in [1.807, 2.05) is 0 Å². The molecule has 2 heteroatoms. The molecule has 0 atom stereocenters. The zero-order valence-corrected chi connectivity index (χ0v) is 33.0. The van der Waals surface area contributed by atoms with E-state index in [-0.39, 0.29) is 0 Å². The van der Waals surface area contributed by atoms with Gasteiger partial charge >= 0.3 is 0 Å². The first-order valence-corrected chi connectivity index (χ1v) is 20.6. The third kappa shape index (κ3) is 6.32. The van der Waals surface area contributed by atoms with Crippen LogP contribution in [0.1, 0.15) is 0 Å². The summed E-state index contributed by atoms with van der Waals surface area (Å²) in [6.07, 6.45) is 2.22. The van der Waals surface area contributed by atoms with Gasteiger partial charge in [0, 0.05) is 39.6 Å². The Labute approximate surface area is 350 Å². The predicted octanol–water partition coefficient (Wildman–Crippen LogP) is 16.1. The van der Waals surface area contributed by atoms with Gasteiger partial charge in [-0.25, -0.2) is 0 Å². The number of benzene rings is 9. The molecule has 0 unspecified atom stereocenters. The quantitative estimate of drug-likeness (QED) is 0.150. The van der Waals surface area contributed by atoms with Gasteiger partial charge in [0.05, 0.1) is 11.0 Å². The van der Waals surface area contributed by atoms with Crippen molar-refractivity contribution < 1.29 is 0 Å². The van der Waals surface area contributed by atoms with E-state index in [0.717, 1.165) is 17.1 Å². The number of aromatic nitrogens is 1. The van der Waals surface area contributed by atoms with E-state index < -0.39 is 0 Å². The summed E-state index contributed by atoms with van der Waals surface area (Å²) in [6, 6.07) is 85.5. The van der Waals surface area contributed by atoms with Crippen molar-refractivity contribution in [3.8, 4) is 55.6 Å². The lowest BCUT2D eigenvalue weighted by Crippen LogP contribution is -2.09. The summed E-state index contributed by atoms with van der Waals surface area (Å²) in [5.74, 6) is 0. The largest absolute Gasteiger partial charge is 0.315 e. The summed E-state index contributed by atoms with van der Waals surface area (Å²) in [6.45, 7) is 0. The Morgan fingerprint density at radius 1 is 0.300 bits per heavy atom. The number of para-hydroxylation sites is 2. The minimum Gasteiger partial charge on any atom is -0.315 e. The van der Waals surface area contributed by atoms with Crippen LogP contribution >= 0.6 is 0 Å². The van der Waals surface area contributed by atoms with E-state index in [0.29, 0.717) is 0 Å². The van der Waals surface area contributed by atoms with Gasteiger partial charge in [-0.2, -0.15) is 0 Å². The third-order valence-corrected chi connectivity index (χ3v) is 11.8. The zero-order chi connectivity index (χ0) is 39.8. The van der Waals surface area contributed by atoms with Crippen LogP contribution < -0.4 is 4.90 Å². The molecule has 11 rings (SSSR count). The molecule has 0 amide bonds. The SMILES string of the molecule is c1ccc(-c2ccccc2-c2ccc(N(c3ccccc3)c3cccc(-c4ccc(-c5ccc6ccn7c8ccccc8c(-c8ccccc8)c7c6c5)cc4)c3)cc2)cc1. The van der Waals surface area contributed by atoms with Crippen LogP contribution in [0.3, 0.4) is 0 Å². The van der Waals surface area contributed by atoms with Crippen molar-refractivity contribution in [2.45, 2.75) is 0 Å². The monoisotopic (exact) mass is 764 g/mol. The van der Waals surface area contributed by atoms with Gasteiger partial charge in [0.1, 0.15) is 0 Å². The molecule has 0 spiro atoms.